The monoisotopic (exact) mass is 269 g/mol. The maximum Gasteiger partial charge on any atom is 0.124 e. The van der Waals surface area contributed by atoms with Crippen LogP contribution in [0.15, 0.2) is 42.5 Å². The molecule has 0 bridgehead atoms. The Bertz CT molecular complexity index is 602. The molecule has 0 saturated carbocycles. The van der Waals surface area contributed by atoms with Gasteiger partial charge in [-0.05, 0) is 44.9 Å². The maximum atomic E-state index is 6.68. The van der Waals surface area contributed by atoms with Gasteiger partial charge in [-0.3, -0.25) is 0 Å². The zero-order valence-corrected chi connectivity index (χ0v) is 12.7. The van der Waals surface area contributed by atoms with Gasteiger partial charge in [-0.1, -0.05) is 42.0 Å². The zero-order chi connectivity index (χ0) is 14.8. The molecule has 2 heteroatoms. The van der Waals surface area contributed by atoms with E-state index in [1.54, 1.807) is 0 Å². The van der Waals surface area contributed by atoms with Gasteiger partial charge in [0.05, 0.1) is 12.1 Å². The number of para-hydroxylation sites is 1. The molecule has 2 rings (SSSR count). The van der Waals surface area contributed by atoms with Gasteiger partial charge >= 0.3 is 0 Å². The average molecular weight is 269 g/mol. The maximum absolute atomic E-state index is 6.68. The molecular weight excluding hydrogens is 246 g/mol. The molecule has 2 aromatic rings. The van der Waals surface area contributed by atoms with Crippen molar-refractivity contribution >= 4 is 0 Å². The first-order valence-electron chi connectivity index (χ1n) is 7.05. The Labute approximate surface area is 121 Å². The second kappa shape index (κ2) is 5.68. The van der Waals surface area contributed by atoms with Crippen molar-refractivity contribution < 1.29 is 4.74 Å². The fourth-order valence-electron chi connectivity index (χ4n) is 2.62. The standard InChI is InChI=1S/C18H23NO/c1-5-20-17-9-7-6-8-15(17)18(4,19)16-12-13(2)10-11-14(16)3/h6-12H,5,19H2,1-4H3. The van der Waals surface area contributed by atoms with Crippen molar-refractivity contribution in [3.05, 3.63) is 64.7 Å². The molecule has 0 heterocycles. The molecule has 0 fully saturated rings. The molecule has 0 radical (unpaired) electrons. The highest BCUT2D eigenvalue weighted by Crippen LogP contribution is 2.35. The lowest BCUT2D eigenvalue weighted by Crippen LogP contribution is -2.35. The zero-order valence-electron chi connectivity index (χ0n) is 12.7. The molecule has 2 aromatic carbocycles. The Morgan fingerprint density at radius 1 is 1.05 bits per heavy atom. The number of rotatable bonds is 4. The highest BCUT2D eigenvalue weighted by molar-refractivity contribution is 5.48. The summed E-state index contributed by atoms with van der Waals surface area (Å²) in [6.45, 7) is 8.87. The van der Waals surface area contributed by atoms with E-state index in [1.807, 2.05) is 38.1 Å². The minimum Gasteiger partial charge on any atom is -0.494 e. The van der Waals surface area contributed by atoms with Gasteiger partial charge in [0.1, 0.15) is 5.75 Å². The highest BCUT2D eigenvalue weighted by atomic mass is 16.5. The number of aryl methyl sites for hydroxylation is 2. The van der Waals surface area contributed by atoms with E-state index in [-0.39, 0.29) is 0 Å². The summed E-state index contributed by atoms with van der Waals surface area (Å²) in [7, 11) is 0. The van der Waals surface area contributed by atoms with Gasteiger partial charge in [0.2, 0.25) is 0 Å². The molecule has 0 aliphatic rings. The van der Waals surface area contributed by atoms with Crippen LogP contribution in [0.25, 0.3) is 0 Å². The largest absolute Gasteiger partial charge is 0.494 e. The van der Waals surface area contributed by atoms with Crippen LogP contribution in [-0.2, 0) is 5.54 Å². The summed E-state index contributed by atoms with van der Waals surface area (Å²) < 4.78 is 5.73. The second-order valence-corrected chi connectivity index (χ2v) is 5.45. The lowest BCUT2D eigenvalue weighted by atomic mass is 9.82. The minimum absolute atomic E-state index is 0.568. The van der Waals surface area contributed by atoms with Crippen LogP contribution in [0.1, 0.15) is 36.1 Å². The number of nitrogens with two attached hydrogens (primary N) is 1. The topological polar surface area (TPSA) is 35.2 Å². The molecule has 106 valence electrons. The Morgan fingerprint density at radius 3 is 2.45 bits per heavy atom. The summed E-state index contributed by atoms with van der Waals surface area (Å²) in [6.07, 6.45) is 0. The Balaban J connectivity index is 2.57. The number of hydrogen-bond donors (Lipinski definition) is 1. The fraction of sp³-hybridized carbons (Fsp3) is 0.333. The predicted octanol–water partition coefficient (Wildman–Crippen LogP) is 3.92. The first-order valence-corrected chi connectivity index (χ1v) is 7.05. The molecule has 0 saturated heterocycles. The van der Waals surface area contributed by atoms with E-state index in [9.17, 15) is 0 Å². The summed E-state index contributed by atoms with van der Waals surface area (Å²) in [6, 6.07) is 14.4. The Kier molecular flexibility index (Phi) is 4.15. The van der Waals surface area contributed by atoms with Crippen LogP contribution < -0.4 is 10.5 Å². The molecule has 1 atom stereocenters. The SMILES string of the molecule is CCOc1ccccc1C(C)(N)c1cc(C)ccc1C. The third kappa shape index (κ3) is 2.70. The fourth-order valence-corrected chi connectivity index (χ4v) is 2.62. The highest BCUT2D eigenvalue weighted by Gasteiger charge is 2.28. The van der Waals surface area contributed by atoms with Crippen molar-refractivity contribution in [1.29, 1.82) is 0 Å². The molecule has 2 nitrogen and oxygen atoms in total. The summed E-state index contributed by atoms with van der Waals surface area (Å²) >= 11 is 0. The van der Waals surface area contributed by atoms with Crippen LogP contribution >= 0.6 is 0 Å². The average Bonchev–Trinajstić information content (AvgIpc) is 2.42. The minimum atomic E-state index is -0.568. The lowest BCUT2D eigenvalue weighted by molar-refractivity contribution is 0.330. The van der Waals surface area contributed by atoms with Gasteiger partial charge in [0, 0.05) is 5.56 Å². The first-order chi connectivity index (χ1) is 9.46. The normalized spacial score (nSPS) is 13.8. The van der Waals surface area contributed by atoms with Crippen molar-refractivity contribution in [2.45, 2.75) is 33.2 Å². The molecule has 0 aliphatic carbocycles. The molecule has 0 aromatic heterocycles. The van der Waals surface area contributed by atoms with Gasteiger partial charge in [-0.2, -0.15) is 0 Å². The van der Waals surface area contributed by atoms with E-state index >= 15 is 0 Å². The van der Waals surface area contributed by atoms with E-state index in [0.29, 0.717) is 6.61 Å². The van der Waals surface area contributed by atoms with Gasteiger partial charge in [0.15, 0.2) is 0 Å². The second-order valence-electron chi connectivity index (χ2n) is 5.45. The van der Waals surface area contributed by atoms with Crippen molar-refractivity contribution in [1.82, 2.24) is 0 Å². The van der Waals surface area contributed by atoms with Crippen LogP contribution in [0.4, 0.5) is 0 Å². The Morgan fingerprint density at radius 2 is 1.75 bits per heavy atom. The third-order valence-corrected chi connectivity index (χ3v) is 3.70. The molecule has 20 heavy (non-hydrogen) atoms. The Hall–Kier alpha value is -1.80. The molecule has 0 aliphatic heterocycles. The number of benzene rings is 2. The molecule has 0 amide bonds. The smallest absolute Gasteiger partial charge is 0.124 e. The van der Waals surface area contributed by atoms with Crippen molar-refractivity contribution in [3.8, 4) is 5.75 Å². The van der Waals surface area contributed by atoms with Crippen LogP contribution in [0.5, 0.6) is 5.75 Å². The van der Waals surface area contributed by atoms with Crippen molar-refractivity contribution in [2.75, 3.05) is 6.61 Å². The van der Waals surface area contributed by atoms with Crippen molar-refractivity contribution in [3.63, 3.8) is 0 Å². The lowest BCUT2D eigenvalue weighted by Gasteiger charge is -2.29. The molecule has 0 spiro atoms. The van der Waals surface area contributed by atoms with Gasteiger partial charge < -0.3 is 10.5 Å². The van der Waals surface area contributed by atoms with E-state index in [0.717, 1.165) is 16.9 Å². The van der Waals surface area contributed by atoms with Gasteiger partial charge in [0.25, 0.3) is 0 Å². The summed E-state index contributed by atoms with van der Waals surface area (Å²) in [4.78, 5) is 0. The van der Waals surface area contributed by atoms with Crippen molar-refractivity contribution in [2.24, 2.45) is 5.73 Å². The summed E-state index contributed by atoms with van der Waals surface area (Å²) in [5, 5.41) is 0. The van der Waals surface area contributed by atoms with E-state index in [1.165, 1.54) is 11.1 Å². The molecule has 2 N–H and O–H groups in total. The summed E-state index contributed by atoms with van der Waals surface area (Å²) in [5.41, 5.74) is 10.7. The summed E-state index contributed by atoms with van der Waals surface area (Å²) in [5.74, 6) is 0.862. The molecule has 1 unspecified atom stereocenters. The van der Waals surface area contributed by atoms with E-state index < -0.39 is 5.54 Å². The number of hydrogen-bond acceptors (Lipinski definition) is 2. The van der Waals surface area contributed by atoms with E-state index in [2.05, 4.69) is 32.0 Å². The van der Waals surface area contributed by atoms with Crippen LogP contribution in [-0.4, -0.2) is 6.61 Å². The van der Waals surface area contributed by atoms with Gasteiger partial charge in [-0.15, -0.1) is 0 Å². The predicted molar refractivity (Wildman–Crippen MR) is 84.2 cm³/mol. The quantitative estimate of drug-likeness (QED) is 0.913. The third-order valence-electron chi connectivity index (χ3n) is 3.70. The molecular formula is C18H23NO. The van der Waals surface area contributed by atoms with Crippen LogP contribution in [0.2, 0.25) is 0 Å². The first kappa shape index (κ1) is 14.6. The van der Waals surface area contributed by atoms with Crippen LogP contribution in [0, 0.1) is 13.8 Å². The van der Waals surface area contributed by atoms with E-state index in [4.69, 9.17) is 10.5 Å². The van der Waals surface area contributed by atoms with Gasteiger partial charge in [-0.25, -0.2) is 0 Å². The van der Waals surface area contributed by atoms with Crippen LogP contribution in [0.3, 0.4) is 0 Å². The number of ether oxygens (including phenoxy) is 1.